The van der Waals surface area contributed by atoms with Crippen LogP contribution in [0.5, 0.6) is 0 Å². The van der Waals surface area contributed by atoms with Crippen molar-refractivity contribution in [1.29, 1.82) is 0 Å². The topological polar surface area (TPSA) is 24.7 Å². The van der Waals surface area contributed by atoms with Gasteiger partial charge in [-0.05, 0) is 34.0 Å². The summed E-state index contributed by atoms with van der Waals surface area (Å²) in [5, 5.41) is 0. The van der Waals surface area contributed by atoms with Crippen LogP contribution in [0.1, 0.15) is 35.4 Å². The van der Waals surface area contributed by atoms with Crippen LogP contribution in [0.4, 0.5) is 0 Å². The first-order valence-corrected chi connectivity index (χ1v) is 19.0. The largest absolute Gasteiger partial charge is 0.292 e. The molecule has 6 heteroatoms. The van der Waals surface area contributed by atoms with Gasteiger partial charge in [-0.25, -0.2) is 0 Å². The highest BCUT2D eigenvalue weighted by Gasteiger charge is 2.18. The summed E-state index contributed by atoms with van der Waals surface area (Å²) in [5.74, 6) is 0. The second-order valence-corrected chi connectivity index (χ2v) is 22.4. The van der Waals surface area contributed by atoms with E-state index in [-0.39, 0.29) is 0 Å². The van der Waals surface area contributed by atoms with E-state index in [1.54, 1.807) is 9.00 Å². The molecule has 0 unspecified atom stereocenters. The summed E-state index contributed by atoms with van der Waals surface area (Å²) in [6.45, 7) is 16.3. The molecule has 0 aliphatic rings. The molecule has 0 radical (unpaired) electrons. The maximum absolute atomic E-state index is 4.61. The Morgan fingerprint density at radius 3 is 1.36 bits per heavy atom. The van der Waals surface area contributed by atoms with Crippen LogP contribution in [0, 0.1) is 0 Å². The molecule has 0 fully saturated rings. The predicted octanol–water partition coefficient (Wildman–Crippen LogP) is 6.00. The molecule has 0 saturated carbocycles. The van der Waals surface area contributed by atoms with Gasteiger partial charge in [0.15, 0.2) is 0 Å². The van der Waals surface area contributed by atoms with Gasteiger partial charge in [-0.3, -0.25) is 9.98 Å². The molecule has 2 rings (SSSR count). The van der Waals surface area contributed by atoms with Gasteiger partial charge < -0.3 is 0 Å². The summed E-state index contributed by atoms with van der Waals surface area (Å²) >= 11 is 3.84. The molecular weight excluding hydrogens is 413 g/mol. The second-order valence-electron chi connectivity index (χ2n) is 9.39. The van der Waals surface area contributed by atoms with Crippen molar-refractivity contribution in [3.05, 3.63) is 34.0 Å². The summed E-state index contributed by atoms with van der Waals surface area (Å²) < 4.78 is 3.13. The summed E-state index contributed by atoms with van der Waals surface area (Å²) in [6, 6.07) is 9.03. The monoisotopic (exact) mass is 448 g/mol. The van der Waals surface area contributed by atoms with Gasteiger partial charge in [0.1, 0.15) is 0 Å². The SMILES string of the molecule is C[Si](C)(C)c1ccc(C=NCCCCCCN=Cc2ccc([Si](C)(C)C)s2)s1. The van der Waals surface area contributed by atoms with Gasteiger partial charge in [0.05, 0.1) is 16.1 Å². The molecule has 0 aliphatic carbocycles. The van der Waals surface area contributed by atoms with Gasteiger partial charge >= 0.3 is 0 Å². The average Bonchev–Trinajstić information content (AvgIpc) is 3.25. The van der Waals surface area contributed by atoms with Crippen LogP contribution in [-0.4, -0.2) is 41.7 Å². The molecule has 0 saturated heterocycles. The lowest BCUT2D eigenvalue weighted by Gasteiger charge is -2.11. The molecule has 0 bridgehead atoms. The van der Waals surface area contributed by atoms with E-state index < -0.39 is 16.1 Å². The average molecular weight is 449 g/mol. The zero-order valence-electron chi connectivity index (χ0n) is 18.4. The van der Waals surface area contributed by atoms with Crippen molar-refractivity contribution in [2.75, 3.05) is 13.1 Å². The number of thiophene rings is 2. The zero-order chi connectivity index (χ0) is 20.6. The number of nitrogens with zero attached hydrogens (tertiary/aromatic N) is 2. The van der Waals surface area contributed by atoms with E-state index in [1.807, 2.05) is 22.7 Å². The van der Waals surface area contributed by atoms with Crippen molar-refractivity contribution in [2.45, 2.75) is 65.0 Å². The van der Waals surface area contributed by atoms with E-state index in [4.69, 9.17) is 0 Å². The summed E-state index contributed by atoms with van der Waals surface area (Å²) in [5.41, 5.74) is 0. The van der Waals surface area contributed by atoms with Crippen LogP contribution < -0.4 is 9.00 Å². The van der Waals surface area contributed by atoms with Gasteiger partial charge in [-0.1, -0.05) is 64.3 Å². The molecule has 28 heavy (non-hydrogen) atoms. The number of hydrogen-bond donors (Lipinski definition) is 0. The van der Waals surface area contributed by atoms with Crippen molar-refractivity contribution >= 4 is 60.3 Å². The normalized spacial score (nSPS) is 13.2. The quantitative estimate of drug-likeness (QED) is 0.229. The van der Waals surface area contributed by atoms with Crippen LogP contribution in [0.25, 0.3) is 0 Å². The maximum atomic E-state index is 4.61. The van der Waals surface area contributed by atoms with E-state index in [0.717, 1.165) is 13.1 Å². The Bertz CT molecular complexity index is 711. The lowest BCUT2D eigenvalue weighted by Crippen LogP contribution is -2.34. The van der Waals surface area contributed by atoms with E-state index in [9.17, 15) is 0 Å². The highest BCUT2D eigenvalue weighted by atomic mass is 32.1. The first-order valence-electron chi connectivity index (χ1n) is 10.4. The van der Waals surface area contributed by atoms with Crippen molar-refractivity contribution < 1.29 is 0 Å². The fourth-order valence-electron chi connectivity index (χ4n) is 2.72. The molecular formula is C22H36N2S2Si2. The molecule has 2 heterocycles. The molecule has 0 amide bonds. The lowest BCUT2D eigenvalue weighted by atomic mass is 10.2. The fourth-order valence-corrected chi connectivity index (χ4v) is 8.35. The third kappa shape index (κ3) is 8.27. The first-order chi connectivity index (χ1) is 13.2. The highest BCUT2D eigenvalue weighted by molar-refractivity contribution is 7.28. The third-order valence-corrected chi connectivity index (χ3v) is 13.7. The predicted molar refractivity (Wildman–Crippen MR) is 138 cm³/mol. The van der Waals surface area contributed by atoms with Gasteiger partial charge in [0.2, 0.25) is 0 Å². The van der Waals surface area contributed by atoms with Gasteiger partial charge in [0.25, 0.3) is 0 Å². The number of aliphatic imine (C=N–C) groups is 2. The summed E-state index contributed by atoms with van der Waals surface area (Å²) in [6.07, 6.45) is 8.98. The lowest BCUT2D eigenvalue weighted by molar-refractivity contribution is 0.655. The van der Waals surface area contributed by atoms with Crippen molar-refractivity contribution in [3.8, 4) is 0 Å². The van der Waals surface area contributed by atoms with Crippen molar-refractivity contribution in [3.63, 3.8) is 0 Å². The molecule has 154 valence electrons. The van der Waals surface area contributed by atoms with Crippen LogP contribution in [0.15, 0.2) is 34.3 Å². The van der Waals surface area contributed by atoms with Gasteiger partial charge in [0, 0.05) is 35.3 Å². The van der Waals surface area contributed by atoms with Crippen LogP contribution >= 0.6 is 22.7 Å². The van der Waals surface area contributed by atoms with E-state index >= 15 is 0 Å². The Labute approximate surface area is 181 Å². The standard InChI is InChI=1S/C22H36N2S2Si2/c1-27(2,3)21-13-11-19(25-21)17-23-15-9-7-8-10-16-24-18-20-12-14-22(26-20)28(4,5)6/h11-14,17-18H,7-10,15-16H2,1-6H3. The molecule has 0 aromatic carbocycles. The van der Waals surface area contributed by atoms with Crippen molar-refractivity contribution in [2.24, 2.45) is 9.98 Å². The smallest absolute Gasteiger partial charge is 0.0904 e. The number of hydrogen-bond acceptors (Lipinski definition) is 4. The molecule has 0 atom stereocenters. The Morgan fingerprint density at radius 2 is 1.04 bits per heavy atom. The highest BCUT2D eigenvalue weighted by Crippen LogP contribution is 2.13. The molecule has 2 nitrogen and oxygen atoms in total. The van der Waals surface area contributed by atoms with Crippen molar-refractivity contribution in [1.82, 2.24) is 0 Å². The van der Waals surface area contributed by atoms with E-state index in [0.29, 0.717) is 0 Å². The first kappa shape index (κ1) is 23.5. The molecule has 0 spiro atoms. The number of unbranched alkanes of at least 4 members (excludes halogenated alkanes) is 3. The zero-order valence-corrected chi connectivity index (χ0v) is 22.1. The van der Waals surface area contributed by atoms with Gasteiger partial charge in [-0.2, -0.15) is 0 Å². The Morgan fingerprint density at radius 1 is 0.643 bits per heavy atom. The minimum absolute atomic E-state index is 0.943. The molecule has 2 aromatic rings. The maximum Gasteiger partial charge on any atom is 0.0904 e. The van der Waals surface area contributed by atoms with Crippen LogP contribution in [0.2, 0.25) is 39.3 Å². The van der Waals surface area contributed by atoms with Crippen LogP contribution in [-0.2, 0) is 0 Å². The Kier molecular flexibility index (Phi) is 9.05. The summed E-state index contributed by atoms with van der Waals surface area (Å²) in [7, 11) is -2.34. The Balaban J connectivity index is 1.56. The van der Waals surface area contributed by atoms with E-state index in [2.05, 4.69) is 86.0 Å². The van der Waals surface area contributed by atoms with E-state index in [1.165, 1.54) is 35.4 Å². The van der Waals surface area contributed by atoms with Gasteiger partial charge in [-0.15, -0.1) is 22.7 Å². The summed E-state index contributed by atoms with van der Waals surface area (Å²) in [4.78, 5) is 11.8. The third-order valence-electron chi connectivity index (χ3n) is 4.49. The number of rotatable bonds is 11. The minimum atomic E-state index is -1.17. The minimum Gasteiger partial charge on any atom is -0.292 e. The second kappa shape index (κ2) is 10.8. The molecule has 2 aromatic heterocycles. The molecule has 0 N–H and O–H groups in total. The van der Waals surface area contributed by atoms with Crippen LogP contribution in [0.3, 0.4) is 0 Å². The Hall–Kier alpha value is -0.826. The molecule has 0 aliphatic heterocycles. The fraction of sp³-hybridized carbons (Fsp3) is 0.545.